The number of ether oxygens (including phenoxy) is 1. The molecule has 1 aromatic heterocycles. The molecule has 0 bridgehead atoms. The number of hydrogen-bond donors (Lipinski definition) is 1. The largest absolute Gasteiger partial charge is 0.486 e. The Morgan fingerprint density at radius 2 is 2.05 bits per heavy atom. The number of fused-ring (bicyclic) bond motifs is 3. The van der Waals surface area contributed by atoms with E-state index in [1.54, 1.807) is 0 Å². The minimum atomic E-state index is -0.243. The van der Waals surface area contributed by atoms with E-state index in [0.717, 1.165) is 43.5 Å². The van der Waals surface area contributed by atoms with Gasteiger partial charge in [-0.1, -0.05) is 12.1 Å². The van der Waals surface area contributed by atoms with E-state index in [9.17, 15) is 4.79 Å². The zero-order valence-corrected chi connectivity index (χ0v) is 11.3. The molecule has 1 atom stereocenters. The van der Waals surface area contributed by atoms with E-state index in [1.807, 2.05) is 24.3 Å². The van der Waals surface area contributed by atoms with Crippen molar-refractivity contribution >= 4 is 11.0 Å². The first-order valence-electron chi connectivity index (χ1n) is 7.22. The second kappa shape index (κ2) is 4.35. The summed E-state index contributed by atoms with van der Waals surface area (Å²) >= 11 is 0. The lowest BCUT2D eigenvalue weighted by Crippen LogP contribution is -2.35. The Bertz CT molecular complexity index is 711. The highest BCUT2D eigenvalue weighted by Crippen LogP contribution is 2.42. The summed E-state index contributed by atoms with van der Waals surface area (Å²) in [6, 6.07) is 7.61. The molecule has 0 radical (unpaired) electrons. The van der Waals surface area contributed by atoms with Gasteiger partial charge in [-0.2, -0.15) is 0 Å². The van der Waals surface area contributed by atoms with Crippen LogP contribution in [0.1, 0.15) is 24.8 Å². The summed E-state index contributed by atoms with van der Waals surface area (Å²) in [5, 5.41) is 4.31. The van der Waals surface area contributed by atoms with Gasteiger partial charge in [-0.15, -0.1) is 0 Å². The summed E-state index contributed by atoms with van der Waals surface area (Å²) in [5.41, 5.74) is 0.864. The number of para-hydroxylation sites is 1. The van der Waals surface area contributed by atoms with Crippen molar-refractivity contribution in [2.75, 3.05) is 13.1 Å². The van der Waals surface area contributed by atoms with Gasteiger partial charge in [0.2, 0.25) is 0 Å². The molecular weight excluding hydrogens is 254 g/mol. The maximum atomic E-state index is 12.2. The molecule has 104 valence electrons. The molecule has 0 unspecified atom stereocenters. The fraction of sp³-hybridized carbons (Fsp3) is 0.438. The Kier molecular flexibility index (Phi) is 2.60. The van der Waals surface area contributed by atoms with E-state index in [2.05, 4.69) is 5.32 Å². The molecule has 20 heavy (non-hydrogen) atoms. The first-order chi connectivity index (χ1) is 9.77. The van der Waals surface area contributed by atoms with Crippen LogP contribution in [-0.2, 0) is 6.42 Å². The lowest BCUT2D eigenvalue weighted by Gasteiger charge is -2.26. The smallest absolute Gasteiger partial charge is 0.343 e. The summed E-state index contributed by atoms with van der Waals surface area (Å²) in [7, 11) is 0. The highest BCUT2D eigenvalue weighted by atomic mass is 16.5. The van der Waals surface area contributed by atoms with E-state index in [4.69, 9.17) is 9.15 Å². The molecule has 1 saturated heterocycles. The fourth-order valence-electron chi connectivity index (χ4n) is 3.38. The highest BCUT2D eigenvalue weighted by Gasteiger charge is 2.42. The Morgan fingerprint density at radius 3 is 3.00 bits per heavy atom. The average Bonchev–Trinajstić information content (AvgIpc) is 2.68. The molecule has 1 N–H and O–H groups in total. The van der Waals surface area contributed by atoms with Crippen LogP contribution in [0, 0.1) is 0 Å². The zero-order valence-electron chi connectivity index (χ0n) is 11.3. The van der Waals surface area contributed by atoms with Crippen LogP contribution in [0.2, 0.25) is 0 Å². The number of nitrogens with one attached hydrogen (secondary N) is 1. The van der Waals surface area contributed by atoms with E-state index >= 15 is 0 Å². The van der Waals surface area contributed by atoms with Crippen molar-refractivity contribution < 1.29 is 9.15 Å². The number of benzene rings is 1. The van der Waals surface area contributed by atoms with Crippen LogP contribution in [-0.4, -0.2) is 18.7 Å². The van der Waals surface area contributed by atoms with E-state index in [1.165, 1.54) is 0 Å². The molecule has 2 aliphatic rings. The van der Waals surface area contributed by atoms with Crippen LogP contribution in [0.4, 0.5) is 0 Å². The Hall–Kier alpha value is -1.81. The predicted molar refractivity (Wildman–Crippen MR) is 76.3 cm³/mol. The van der Waals surface area contributed by atoms with Gasteiger partial charge >= 0.3 is 5.63 Å². The van der Waals surface area contributed by atoms with Crippen molar-refractivity contribution in [2.24, 2.45) is 0 Å². The first kappa shape index (κ1) is 12.0. The van der Waals surface area contributed by atoms with Crippen LogP contribution in [0.5, 0.6) is 5.75 Å². The average molecular weight is 271 g/mol. The molecule has 1 aromatic carbocycles. The van der Waals surface area contributed by atoms with Gasteiger partial charge in [-0.3, -0.25) is 0 Å². The molecule has 2 aliphatic heterocycles. The van der Waals surface area contributed by atoms with E-state index in [0.29, 0.717) is 17.6 Å². The van der Waals surface area contributed by atoms with E-state index < -0.39 is 0 Å². The topological polar surface area (TPSA) is 51.5 Å². The molecule has 2 aromatic rings. The molecule has 4 rings (SSSR count). The minimum Gasteiger partial charge on any atom is -0.486 e. The normalized spacial score (nSPS) is 25.4. The molecule has 0 saturated carbocycles. The Labute approximate surface area is 116 Å². The summed E-state index contributed by atoms with van der Waals surface area (Å²) in [6.45, 7) is 1.97. The lowest BCUT2D eigenvalue weighted by atomic mass is 9.90. The van der Waals surface area contributed by atoms with Crippen LogP contribution in [0.25, 0.3) is 11.0 Å². The Morgan fingerprint density at radius 1 is 1.15 bits per heavy atom. The molecular formula is C16H17NO3. The fourth-order valence-corrected chi connectivity index (χ4v) is 3.38. The van der Waals surface area contributed by atoms with Crippen molar-refractivity contribution in [1.82, 2.24) is 5.32 Å². The minimum absolute atomic E-state index is 0.218. The van der Waals surface area contributed by atoms with Gasteiger partial charge in [0, 0.05) is 6.42 Å². The second-order valence-electron chi connectivity index (χ2n) is 5.76. The first-order valence-corrected chi connectivity index (χ1v) is 7.22. The third kappa shape index (κ3) is 1.75. The lowest BCUT2D eigenvalue weighted by molar-refractivity contribution is 0.0823. The van der Waals surface area contributed by atoms with Gasteiger partial charge in [-0.05, 0) is 44.5 Å². The van der Waals surface area contributed by atoms with Gasteiger partial charge in [0.05, 0.1) is 10.9 Å². The summed E-state index contributed by atoms with van der Waals surface area (Å²) in [5.74, 6) is 0.749. The van der Waals surface area contributed by atoms with Gasteiger partial charge in [0.1, 0.15) is 16.9 Å². The second-order valence-corrected chi connectivity index (χ2v) is 5.76. The van der Waals surface area contributed by atoms with Crippen LogP contribution < -0.4 is 15.7 Å². The molecule has 3 heterocycles. The number of hydrogen-bond acceptors (Lipinski definition) is 4. The maximum Gasteiger partial charge on any atom is 0.343 e. The quantitative estimate of drug-likeness (QED) is 0.747. The molecule has 0 amide bonds. The summed E-state index contributed by atoms with van der Waals surface area (Å²) in [6.07, 6.45) is 3.69. The third-order valence-electron chi connectivity index (χ3n) is 4.42. The van der Waals surface area contributed by atoms with Gasteiger partial charge in [0.15, 0.2) is 0 Å². The third-order valence-corrected chi connectivity index (χ3v) is 4.42. The highest BCUT2D eigenvalue weighted by molar-refractivity contribution is 5.85. The van der Waals surface area contributed by atoms with Crippen LogP contribution in [0.3, 0.4) is 0 Å². The van der Waals surface area contributed by atoms with Crippen molar-refractivity contribution in [1.29, 1.82) is 0 Å². The molecule has 0 aliphatic carbocycles. The van der Waals surface area contributed by atoms with Crippen molar-refractivity contribution in [3.63, 3.8) is 0 Å². The maximum absolute atomic E-state index is 12.2. The SMILES string of the molecule is O=c1oc2ccccc2c2c1C[C@]1(CCCNCC1)O2. The Balaban J connectivity index is 1.86. The predicted octanol–water partition coefficient (Wildman–Crippen LogP) is 2.24. The zero-order chi connectivity index (χ0) is 13.6. The summed E-state index contributed by atoms with van der Waals surface area (Å²) in [4.78, 5) is 12.2. The van der Waals surface area contributed by atoms with E-state index in [-0.39, 0.29) is 11.2 Å². The van der Waals surface area contributed by atoms with Crippen LogP contribution >= 0.6 is 0 Å². The molecule has 1 spiro atoms. The van der Waals surface area contributed by atoms with Gasteiger partial charge < -0.3 is 14.5 Å². The molecule has 4 nitrogen and oxygen atoms in total. The van der Waals surface area contributed by atoms with Crippen LogP contribution in [0.15, 0.2) is 33.5 Å². The van der Waals surface area contributed by atoms with Gasteiger partial charge in [0.25, 0.3) is 0 Å². The molecule has 1 fully saturated rings. The summed E-state index contributed by atoms with van der Waals surface area (Å²) < 4.78 is 11.7. The van der Waals surface area contributed by atoms with Crippen molar-refractivity contribution in [3.8, 4) is 5.75 Å². The molecule has 4 heteroatoms. The number of rotatable bonds is 0. The van der Waals surface area contributed by atoms with Gasteiger partial charge in [-0.25, -0.2) is 4.79 Å². The van der Waals surface area contributed by atoms with Crippen molar-refractivity contribution in [2.45, 2.75) is 31.3 Å². The monoisotopic (exact) mass is 271 g/mol. The standard InChI is InChI=1S/C16H17NO3/c18-15-12-10-16(6-3-8-17-9-7-16)20-14(12)11-4-1-2-5-13(11)19-15/h1-2,4-5,17H,3,6-10H2/t16-/m1/s1. The van der Waals surface area contributed by atoms with Crippen molar-refractivity contribution in [3.05, 3.63) is 40.2 Å².